The molecule has 8 aromatic carbocycles. The van der Waals surface area contributed by atoms with E-state index in [4.69, 9.17) is 39.5 Å². The van der Waals surface area contributed by atoms with Gasteiger partial charge in [0.1, 0.15) is 54.3 Å². The van der Waals surface area contributed by atoms with Gasteiger partial charge in [-0.2, -0.15) is 0 Å². The predicted molar refractivity (Wildman–Crippen MR) is 542 cm³/mol. The number of anilines is 9. The number of amides is 4. The molecule has 14 aromatic rings. The van der Waals surface area contributed by atoms with Crippen LogP contribution in [0.25, 0.3) is 21.0 Å². The molecule has 4 aliphatic heterocycles. The number of fused-ring (bicyclic) bond motifs is 2. The van der Waals surface area contributed by atoms with Gasteiger partial charge in [0, 0.05) is 214 Å². The number of hydrogen-bond donors (Lipinski definition) is 5. The van der Waals surface area contributed by atoms with Crippen molar-refractivity contribution in [2.45, 2.75) is 52.4 Å². The molecular weight excluding hydrogens is 1960 g/mol. The summed E-state index contributed by atoms with van der Waals surface area (Å²) >= 11 is 20.7. The lowest BCUT2D eigenvalue weighted by Gasteiger charge is -2.37. The number of hydrogen-bond acceptors (Lipinski definition) is 27. The number of piperazine rings is 4. The van der Waals surface area contributed by atoms with E-state index in [2.05, 4.69) is 78.7 Å². The minimum atomic E-state index is -3.80. The monoisotopic (exact) mass is 2060 g/mol. The van der Waals surface area contributed by atoms with Gasteiger partial charge in [0.2, 0.25) is 23.7 Å². The number of para-hydroxylation sites is 1. The number of ether oxygens (including phenoxy) is 1. The first-order valence-electron chi connectivity index (χ1n) is 43.2. The number of thiophene rings is 1. The molecule has 0 aliphatic carbocycles. The van der Waals surface area contributed by atoms with Crippen molar-refractivity contribution < 1.29 is 73.5 Å². The Labute approximate surface area is 825 Å². The molecule has 0 radical (unpaired) electrons. The van der Waals surface area contributed by atoms with E-state index in [9.17, 15) is 61.6 Å². The second-order valence-electron chi connectivity index (χ2n) is 31.7. The minimum absolute atomic E-state index is 0. The molecule has 0 spiro atoms. The number of carbonyl (C=O) groups is 4. The van der Waals surface area contributed by atoms with Crippen LogP contribution in [0.3, 0.4) is 0 Å². The summed E-state index contributed by atoms with van der Waals surface area (Å²) in [6.07, 6.45) is 12.0. The SMILES string of the molecule is CC(Nc1cccc(Cl)c1)C(=O)N1CCN(c2ccc(S(=O)(=O)Nc3ccncn3)cc2)CC1.Cc1c(CC(=O)N2CCN(c3ccc(S(=O)(=O)Nc4ccncn4)cc3)CC2)sc2ccc(Cl)cc12.O=C(COc1ccc(F)c(Cl)c1)N1CCN(c2ccc(S(=O)(=O)Nc3ncccn3)cc2)CC1.O=C(Cn1ccc2cccc(F)c21)N1CCN(c2ccc(S(=O)(=O)Nc3nccs3)cc2)CC1.[HH].[HH].[HH].[HH].[HH]. The zero-order valence-electron chi connectivity index (χ0n) is 74.1. The van der Waals surface area contributed by atoms with E-state index in [1.165, 1.54) is 104 Å². The average molecular weight is 2060 g/mol. The van der Waals surface area contributed by atoms with Gasteiger partial charge in [-0.15, -0.1) is 22.7 Å². The Bertz CT molecular complexity index is 7120. The van der Waals surface area contributed by atoms with Crippen molar-refractivity contribution in [2.75, 3.05) is 155 Å². The number of aromatic nitrogens is 8. The molecule has 6 aromatic heterocycles. The summed E-state index contributed by atoms with van der Waals surface area (Å²) in [5.41, 5.74) is 5.91. The lowest BCUT2D eigenvalue weighted by atomic mass is 10.1. The maximum atomic E-state index is 14.2. The standard InChI is InChI=1S/C25H24ClN5O3S2.C23H25ClN6O3S.C23H22FN5O3S2.C22H21ClFN5O4S.5H2/c1-17-21-14-18(26)2-7-22(21)35-23(17)15-25(32)31-12-10-30(11-13-31)19-3-5-20(6-4-19)36(33,34)29-24-8-9-27-16-28-24;1-17(27-19-4-2-3-18(24)15-19)23(31)30-13-11-29(12-14-30)20-5-7-21(8-6-20)34(32,33)28-22-9-10-25-16-26-22;24-20-3-1-2-17-8-10-29(22(17)20)16-21(30)28-13-11-27(12-14-28)18-4-6-19(7-5-18)34(31,32)26-23-25-9-15-33-23;23-19-14-17(4-7-20(19)24)33-15-21(30)29-12-10-28(11-13-29)16-2-5-18(6-3-16)34(31,32)27-22-25-8-1-9-26-22;;;;;/h2-9,14,16H,10-13,15H2,1H3,(H,27,28,29);2-10,15-17,27H,11-14H2,1H3,(H,25,26,28);1-10,15H,11-14,16H2,(H,25,26);1-9,14H,10-13,15H2,(H,25,26,27);5*1H. The summed E-state index contributed by atoms with van der Waals surface area (Å²) in [7, 11) is -15.0. The predicted octanol–water partition coefficient (Wildman–Crippen LogP) is 14.8. The van der Waals surface area contributed by atoms with Gasteiger partial charge in [-0.25, -0.2) is 82.1 Å². The fourth-order valence-corrected chi connectivity index (χ4v) is 21.9. The van der Waals surface area contributed by atoms with Crippen LogP contribution in [-0.2, 0) is 72.2 Å². The molecule has 4 saturated heterocycles. The smallest absolute Gasteiger partial charge is 0.264 e. The zero-order chi connectivity index (χ0) is 97.3. The van der Waals surface area contributed by atoms with Crippen LogP contribution in [0.2, 0.25) is 15.1 Å². The Hall–Kier alpha value is -13.5. The maximum absolute atomic E-state index is 14.2. The molecule has 4 aliphatic rings. The van der Waals surface area contributed by atoms with E-state index < -0.39 is 45.9 Å². The van der Waals surface area contributed by atoms with Crippen LogP contribution in [0.15, 0.2) is 275 Å². The van der Waals surface area contributed by atoms with Crippen molar-refractivity contribution >= 4 is 193 Å². The minimum Gasteiger partial charge on any atom is -0.484 e. The molecule has 4 fully saturated rings. The van der Waals surface area contributed by atoms with Gasteiger partial charge in [-0.3, -0.25) is 33.3 Å². The third-order valence-corrected chi connectivity index (χ3v) is 31.1. The Morgan fingerprint density at radius 3 is 1.43 bits per heavy atom. The summed E-state index contributed by atoms with van der Waals surface area (Å²) in [6, 6.07) is 54.5. The highest BCUT2D eigenvalue weighted by molar-refractivity contribution is 7.93. The van der Waals surface area contributed by atoms with Crippen molar-refractivity contribution in [3.05, 3.63) is 293 Å². The number of thiazole rings is 1. The van der Waals surface area contributed by atoms with E-state index in [1.807, 2.05) is 60.0 Å². The second-order valence-corrected chi connectivity index (χ2v) is 41.8. The number of carbonyl (C=O) groups excluding carboxylic acids is 4. The van der Waals surface area contributed by atoms with Gasteiger partial charge in [-0.1, -0.05) is 53.0 Å². The van der Waals surface area contributed by atoms with Gasteiger partial charge < -0.3 is 53.8 Å². The summed E-state index contributed by atoms with van der Waals surface area (Å²) in [5.74, 6) is -0.254. The van der Waals surface area contributed by atoms with E-state index in [-0.39, 0.29) is 98.0 Å². The molecule has 1 unspecified atom stereocenters. The van der Waals surface area contributed by atoms with Crippen molar-refractivity contribution in [2.24, 2.45) is 0 Å². The third kappa shape index (κ3) is 25.7. The zero-order valence-corrected chi connectivity index (χ0v) is 81.2. The lowest BCUT2D eigenvalue weighted by Crippen LogP contribution is -2.52. The van der Waals surface area contributed by atoms with Gasteiger partial charge >= 0.3 is 0 Å². The summed E-state index contributed by atoms with van der Waals surface area (Å²) < 4.78 is 146. The quantitative estimate of drug-likeness (QED) is 0.0336. The molecule has 10 heterocycles. The Morgan fingerprint density at radius 2 is 0.942 bits per heavy atom. The number of nitrogens with zero attached hydrogens (tertiary/aromatic N) is 16. The summed E-state index contributed by atoms with van der Waals surface area (Å²) in [6.45, 7) is 13.3. The van der Waals surface area contributed by atoms with Crippen molar-refractivity contribution in [1.82, 2.24) is 59.1 Å². The number of sulfonamides is 4. The summed E-state index contributed by atoms with van der Waals surface area (Å²) in [5, 5.41) is 8.34. The van der Waals surface area contributed by atoms with Crippen LogP contribution < -0.4 is 48.5 Å². The van der Waals surface area contributed by atoms with E-state index >= 15 is 0 Å². The third-order valence-electron chi connectivity index (χ3n) is 22.8. The van der Waals surface area contributed by atoms with Crippen molar-refractivity contribution in [3.8, 4) is 5.75 Å². The highest BCUT2D eigenvalue weighted by atomic mass is 35.5. The molecule has 0 saturated carbocycles. The highest BCUT2D eigenvalue weighted by Crippen LogP contribution is 2.35. The van der Waals surface area contributed by atoms with Gasteiger partial charge in [0.15, 0.2) is 11.7 Å². The fraction of sp³-hybridized carbons (Fsp3) is 0.237. The van der Waals surface area contributed by atoms with Crippen LogP contribution in [0, 0.1) is 18.6 Å². The molecule has 4 amide bonds. The van der Waals surface area contributed by atoms with Crippen LogP contribution >= 0.6 is 57.5 Å². The Morgan fingerprint density at radius 1 is 0.464 bits per heavy atom. The number of nitrogens with one attached hydrogen (secondary N) is 5. The Kier molecular flexibility index (Phi) is 32.1. The molecule has 18 rings (SSSR count). The molecule has 5 N–H and O–H groups in total. The fourth-order valence-electron chi connectivity index (χ4n) is 15.5. The van der Waals surface area contributed by atoms with Crippen molar-refractivity contribution in [1.29, 1.82) is 0 Å². The van der Waals surface area contributed by atoms with Gasteiger partial charge in [0.25, 0.3) is 46.0 Å². The Balaban J connectivity index is 0.000000194. The van der Waals surface area contributed by atoms with Gasteiger partial charge in [-0.05, 0) is 201 Å². The van der Waals surface area contributed by atoms with E-state index in [1.54, 1.807) is 153 Å². The number of aryl methyl sites for hydroxylation is 1. The average Bonchev–Trinajstić information content (AvgIpc) is 1.77. The number of benzene rings is 8. The first-order valence-corrected chi connectivity index (χ1v) is 51.9. The molecule has 34 nitrogen and oxygen atoms in total. The van der Waals surface area contributed by atoms with Crippen LogP contribution in [-0.4, -0.2) is 234 Å². The largest absolute Gasteiger partial charge is 0.484 e. The molecule has 45 heteroatoms. The van der Waals surface area contributed by atoms with Crippen molar-refractivity contribution in [3.63, 3.8) is 0 Å². The van der Waals surface area contributed by atoms with Gasteiger partial charge in [0.05, 0.1) is 36.5 Å². The van der Waals surface area contributed by atoms with Crippen LogP contribution in [0.1, 0.15) is 24.5 Å². The maximum Gasteiger partial charge on any atom is 0.264 e. The lowest BCUT2D eigenvalue weighted by molar-refractivity contribution is -0.134. The second kappa shape index (κ2) is 44.8. The highest BCUT2D eigenvalue weighted by Gasteiger charge is 2.31. The van der Waals surface area contributed by atoms with E-state index in [0.29, 0.717) is 138 Å². The first kappa shape index (κ1) is 99.0. The molecule has 728 valence electrons. The number of halogens is 5. The number of rotatable bonds is 26. The molecular formula is C93H102Cl3F2N21O13S6. The normalized spacial score (nSPS) is 14.5. The van der Waals surface area contributed by atoms with Crippen LogP contribution in [0.5, 0.6) is 5.75 Å². The van der Waals surface area contributed by atoms with Crippen LogP contribution in [0.4, 0.5) is 59.9 Å². The van der Waals surface area contributed by atoms with E-state index in [0.717, 1.165) is 54.3 Å². The topological polar surface area (TPSA) is 395 Å². The first-order chi connectivity index (χ1) is 66.3. The molecule has 0 bridgehead atoms. The molecule has 1 atom stereocenters. The summed E-state index contributed by atoms with van der Waals surface area (Å²) in [4.78, 5) is 95.5. The molecule has 138 heavy (non-hydrogen) atoms.